The summed E-state index contributed by atoms with van der Waals surface area (Å²) >= 11 is 5.38. The van der Waals surface area contributed by atoms with Crippen molar-refractivity contribution in [3.63, 3.8) is 0 Å². The molecule has 0 atom stereocenters. The Kier molecular flexibility index (Phi) is 4.84. The van der Waals surface area contributed by atoms with Crippen molar-refractivity contribution in [2.45, 2.75) is 58.5 Å². The lowest BCUT2D eigenvalue weighted by Gasteiger charge is -2.35. The summed E-state index contributed by atoms with van der Waals surface area (Å²) in [7, 11) is 2.12. The zero-order valence-electron chi connectivity index (χ0n) is 10.4. The van der Waals surface area contributed by atoms with Crippen LogP contribution in [0.3, 0.4) is 0 Å². The van der Waals surface area contributed by atoms with Crippen LogP contribution in [0.15, 0.2) is 0 Å². The van der Waals surface area contributed by atoms with Crippen LogP contribution in [0.5, 0.6) is 0 Å². The van der Waals surface area contributed by atoms with Gasteiger partial charge in [0.1, 0.15) is 0 Å². The van der Waals surface area contributed by atoms with E-state index in [9.17, 15) is 0 Å². The van der Waals surface area contributed by atoms with Gasteiger partial charge in [0.25, 0.3) is 0 Å². The molecule has 0 spiro atoms. The third-order valence-electron chi connectivity index (χ3n) is 3.27. The summed E-state index contributed by atoms with van der Waals surface area (Å²) < 4.78 is 0. The van der Waals surface area contributed by atoms with Crippen LogP contribution in [0.4, 0.5) is 0 Å². The van der Waals surface area contributed by atoms with Crippen LogP contribution in [0, 0.1) is 5.92 Å². The first-order valence-electron chi connectivity index (χ1n) is 6.04. The highest BCUT2D eigenvalue weighted by atomic mass is 32.1. The Morgan fingerprint density at radius 3 is 2.27 bits per heavy atom. The van der Waals surface area contributed by atoms with E-state index < -0.39 is 0 Å². The Balaban J connectivity index is 2.39. The highest BCUT2D eigenvalue weighted by Crippen LogP contribution is 2.26. The molecule has 15 heavy (non-hydrogen) atoms. The second-order valence-corrected chi connectivity index (χ2v) is 5.52. The summed E-state index contributed by atoms with van der Waals surface area (Å²) in [6.45, 7) is 6.60. The van der Waals surface area contributed by atoms with Gasteiger partial charge >= 0.3 is 0 Å². The van der Waals surface area contributed by atoms with Crippen LogP contribution in [0.2, 0.25) is 0 Å². The van der Waals surface area contributed by atoms with Crippen LogP contribution in [-0.4, -0.2) is 29.1 Å². The molecule has 0 unspecified atom stereocenters. The van der Waals surface area contributed by atoms with Gasteiger partial charge in [0.15, 0.2) is 5.11 Å². The fraction of sp³-hybridized carbons (Fsp3) is 0.917. The molecule has 1 aliphatic carbocycles. The lowest BCUT2D eigenvalue weighted by atomic mass is 9.87. The highest BCUT2D eigenvalue weighted by molar-refractivity contribution is 7.80. The van der Waals surface area contributed by atoms with Crippen LogP contribution in [0.1, 0.15) is 46.5 Å². The Morgan fingerprint density at radius 2 is 1.80 bits per heavy atom. The zero-order valence-corrected chi connectivity index (χ0v) is 11.2. The Hall–Kier alpha value is -0.310. The third-order valence-corrected chi connectivity index (χ3v) is 3.67. The number of hydrogen-bond acceptors (Lipinski definition) is 1. The van der Waals surface area contributed by atoms with E-state index >= 15 is 0 Å². The number of hydrogen-bond donors (Lipinski definition) is 1. The van der Waals surface area contributed by atoms with Crippen molar-refractivity contribution in [3.8, 4) is 0 Å². The Labute approximate surface area is 99.4 Å². The summed E-state index contributed by atoms with van der Waals surface area (Å²) in [4.78, 5) is 2.25. The lowest BCUT2D eigenvalue weighted by molar-refractivity contribution is 0.236. The standard InChI is InChI=1S/C12H24N2S/c1-9(2)13-12(15)14(4)11-7-5-10(3)6-8-11/h9-11H,5-8H2,1-4H3,(H,13,15). The normalized spacial score (nSPS) is 26.5. The molecule has 0 bridgehead atoms. The molecule has 0 radical (unpaired) electrons. The third kappa shape index (κ3) is 3.98. The smallest absolute Gasteiger partial charge is 0.169 e. The van der Waals surface area contributed by atoms with Crippen molar-refractivity contribution < 1.29 is 0 Å². The minimum Gasteiger partial charge on any atom is -0.360 e. The molecule has 3 heteroatoms. The minimum absolute atomic E-state index is 0.433. The van der Waals surface area contributed by atoms with Gasteiger partial charge in [-0.25, -0.2) is 0 Å². The van der Waals surface area contributed by atoms with E-state index in [1.165, 1.54) is 25.7 Å². The maximum Gasteiger partial charge on any atom is 0.169 e. The Morgan fingerprint density at radius 1 is 1.27 bits per heavy atom. The van der Waals surface area contributed by atoms with Crippen molar-refractivity contribution >= 4 is 17.3 Å². The molecule has 0 amide bonds. The molecule has 0 aliphatic heterocycles. The van der Waals surface area contributed by atoms with E-state index in [-0.39, 0.29) is 0 Å². The predicted octanol–water partition coefficient (Wildman–Crippen LogP) is 2.78. The van der Waals surface area contributed by atoms with E-state index in [0.29, 0.717) is 12.1 Å². The van der Waals surface area contributed by atoms with E-state index in [0.717, 1.165) is 11.0 Å². The van der Waals surface area contributed by atoms with Crippen LogP contribution in [0.25, 0.3) is 0 Å². The van der Waals surface area contributed by atoms with Gasteiger partial charge in [-0.15, -0.1) is 0 Å². The van der Waals surface area contributed by atoms with Crippen molar-refractivity contribution in [2.24, 2.45) is 5.92 Å². The van der Waals surface area contributed by atoms with Crippen molar-refractivity contribution in [3.05, 3.63) is 0 Å². The molecule has 1 N–H and O–H groups in total. The predicted molar refractivity (Wildman–Crippen MR) is 70.1 cm³/mol. The van der Waals surface area contributed by atoms with Gasteiger partial charge in [-0.1, -0.05) is 6.92 Å². The fourth-order valence-electron chi connectivity index (χ4n) is 2.14. The summed E-state index contributed by atoms with van der Waals surface area (Å²) in [5, 5.41) is 4.22. The van der Waals surface area contributed by atoms with Gasteiger partial charge in [-0.05, 0) is 57.7 Å². The molecule has 0 aromatic carbocycles. The maximum atomic E-state index is 5.38. The first-order valence-corrected chi connectivity index (χ1v) is 6.45. The second-order valence-electron chi connectivity index (χ2n) is 5.13. The molecule has 1 rings (SSSR count). The minimum atomic E-state index is 0.433. The molecular weight excluding hydrogens is 204 g/mol. The van der Waals surface area contributed by atoms with Crippen molar-refractivity contribution in [2.75, 3.05) is 7.05 Å². The molecule has 1 saturated carbocycles. The van der Waals surface area contributed by atoms with E-state index in [2.05, 4.69) is 38.0 Å². The number of nitrogens with zero attached hydrogens (tertiary/aromatic N) is 1. The van der Waals surface area contributed by atoms with Crippen molar-refractivity contribution in [1.29, 1.82) is 0 Å². The number of thiocarbonyl (C=S) groups is 1. The molecular formula is C12H24N2S. The molecule has 1 fully saturated rings. The van der Waals surface area contributed by atoms with Gasteiger partial charge in [0, 0.05) is 19.1 Å². The molecule has 0 saturated heterocycles. The van der Waals surface area contributed by atoms with Gasteiger partial charge in [-0.3, -0.25) is 0 Å². The summed E-state index contributed by atoms with van der Waals surface area (Å²) in [5.41, 5.74) is 0. The molecule has 0 aromatic rings. The van der Waals surface area contributed by atoms with Gasteiger partial charge in [0.2, 0.25) is 0 Å². The topological polar surface area (TPSA) is 15.3 Å². The summed E-state index contributed by atoms with van der Waals surface area (Å²) in [5.74, 6) is 0.904. The van der Waals surface area contributed by atoms with Gasteiger partial charge in [-0.2, -0.15) is 0 Å². The molecule has 88 valence electrons. The van der Waals surface area contributed by atoms with Crippen LogP contribution in [-0.2, 0) is 0 Å². The van der Waals surface area contributed by atoms with Gasteiger partial charge < -0.3 is 10.2 Å². The highest BCUT2D eigenvalue weighted by Gasteiger charge is 2.23. The first-order chi connectivity index (χ1) is 7.00. The zero-order chi connectivity index (χ0) is 11.4. The SMILES string of the molecule is CC1CCC(N(C)C(=S)NC(C)C)CC1. The molecule has 0 aromatic heterocycles. The number of nitrogens with one attached hydrogen (secondary N) is 1. The van der Waals surface area contributed by atoms with Gasteiger partial charge in [0.05, 0.1) is 0 Å². The van der Waals surface area contributed by atoms with E-state index in [1.807, 2.05) is 0 Å². The molecule has 2 nitrogen and oxygen atoms in total. The molecule has 1 aliphatic rings. The Bertz CT molecular complexity index is 208. The monoisotopic (exact) mass is 228 g/mol. The fourth-order valence-corrected chi connectivity index (χ4v) is 2.53. The first kappa shape index (κ1) is 12.8. The summed E-state index contributed by atoms with van der Waals surface area (Å²) in [6.07, 6.45) is 5.27. The van der Waals surface area contributed by atoms with Crippen LogP contribution < -0.4 is 5.32 Å². The largest absolute Gasteiger partial charge is 0.360 e. The molecule has 0 heterocycles. The van der Waals surface area contributed by atoms with E-state index in [4.69, 9.17) is 12.2 Å². The summed E-state index contributed by atoms with van der Waals surface area (Å²) in [6, 6.07) is 1.09. The number of rotatable bonds is 2. The maximum absolute atomic E-state index is 5.38. The van der Waals surface area contributed by atoms with Crippen LogP contribution >= 0.6 is 12.2 Å². The second kappa shape index (κ2) is 5.69. The quantitative estimate of drug-likeness (QED) is 0.732. The average Bonchev–Trinajstić information content (AvgIpc) is 2.17. The lowest BCUT2D eigenvalue weighted by Crippen LogP contribution is -2.46. The van der Waals surface area contributed by atoms with Crippen molar-refractivity contribution in [1.82, 2.24) is 10.2 Å². The average molecular weight is 228 g/mol. The van der Waals surface area contributed by atoms with E-state index in [1.54, 1.807) is 0 Å².